The maximum atomic E-state index is 11.4. The van der Waals surface area contributed by atoms with Crippen LogP contribution in [0, 0.1) is 28.6 Å². The van der Waals surface area contributed by atoms with Crippen LogP contribution >= 0.6 is 0 Å². The van der Waals surface area contributed by atoms with Gasteiger partial charge in [-0.25, -0.2) is 0 Å². The lowest BCUT2D eigenvalue weighted by molar-refractivity contribution is -0.148. The Balaban J connectivity index is 1.41. The summed E-state index contributed by atoms with van der Waals surface area (Å²) in [6.07, 6.45) is 17.1. The highest BCUT2D eigenvalue weighted by Crippen LogP contribution is 2.66. The summed E-state index contributed by atoms with van der Waals surface area (Å²) in [4.78, 5) is 15.8. The number of nitrogens with zero attached hydrogens (tertiary/aromatic N) is 1. The van der Waals surface area contributed by atoms with Crippen molar-refractivity contribution in [1.29, 1.82) is 0 Å². The number of hydrogen-bond acceptors (Lipinski definition) is 3. The summed E-state index contributed by atoms with van der Waals surface area (Å²) in [7, 11) is 0. The van der Waals surface area contributed by atoms with Crippen molar-refractivity contribution in [3.8, 4) is 0 Å². The van der Waals surface area contributed by atoms with Crippen LogP contribution < -0.4 is 0 Å². The Kier molecular flexibility index (Phi) is 4.49. The molecule has 6 atom stereocenters. The summed E-state index contributed by atoms with van der Waals surface area (Å²) in [6, 6.07) is 4.30. The van der Waals surface area contributed by atoms with Crippen molar-refractivity contribution in [1.82, 2.24) is 4.98 Å². The van der Waals surface area contributed by atoms with Gasteiger partial charge < -0.3 is 4.74 Å². The highest BCUT2D eigenvalue weighted by atomic mass is 16.5. The summed E-state index contributed by atoms with van der Waals surface area (Å²) in [5, 5.41) is 0. The normalized spacial score (nSPS) is 40.8. The zero-order valence-corrected chi connectivity index (χ0v) is 18.0. The van der Waals surface area contributed by atoms with Gasteiger partial charge in [0.25, 0.3) is 0 Å². The van der Waals surface area contributed by atoms with E-state index in [1.165, 1.54) is 43.7 Å². The van der Waals surface area contributed by atoms with Gasteiger partial charge >= 0.3 is 5.97 Å². The fourth-order valence-electron chi connectivity index (χ4n) is 7.50. The van der Waals surface area contributed by atoms with Crippen LogP contribution in [-0.4, -0.2) is 17.1 Å². The van der Waals surface area contributed by atoms with Crippen molar-refractivity contribution in [2.45, 2.75) is 71.8 Å². The van der Waals surface area contributed by atoms with Gasteiger partial charge in [0.1, 0.15) is 6.10 Å². The van der Waals surface area contributed by atoms with E-state index < -0.39 is 0 Å². The molecule has 29 heavy (non-hydrogen) atoms. The zero-order valence-electron chi connectivity index (χ0n) is 18.0. The van der Waals surface area contributed by atoms with E-state index in [9.17, 15) is 4.79 Å². The largest absolute Gasteiger partial charge is 0.462 e. The maximum Gasteiger partial charge on any atom is 0.302 e. The first-order valence-electron chi connectivity index (χ1n) is 11.4. The van der Waals surface area contributed by atoms with Gasteiger partial charge in [-0.3, -0.25) is 9.78 Å². The fraction of sp³-hybridized carbons (Fsp3) is 0.615. The molecule has 1 aromatic heterocycles. The van der Waals surface area contributed by atoms with Gasteiger partial charge in [-0.15, -0.1) is 0 Å². The van der Waals surface area contributed by atoms with E-state index in [0.29, 0.717) is 0 Å². The van der Waals surface area contributed by atoms with Gasteiger partial charge in [0.05, 0.1) is 0 Å². The number of fused-ring (bicyclic) bond motifs is 5. The molecule has 0 unspecified atom stereocenters. The number of hydrogen-bond donors (Lipinski definition) is 0. The average Bonchev–Trinajstić information content (AvgIpc) is 3.06. The molecule has 0 aromatic carbocycles. The van der Waals surface area contributed by atoms with E-state index in [-0.39, 0.29) is 22.9 Å². The van der Waals surface area contributed by atoms with E-state index in [1.807, 2.05) is 12.4 Å². The van der Waals surface area contributed by atoms with Crippen LogP contribution in [0.2, 0.25) is 0 Å². The molecule has 1 aromatic rings. The Morgan fingerprint density at radius 2 is 1.93 bits per heavy atom. The van der Waals surface area contributed by atoms with Crippen molar-refractivity contribution < 1.29 is 9.53 Å². The number of allylic oxidation sites excluding steroid dienone is 3. The number of ether oxygens (including phenoxy) is 1. The smallest absolute Gasteiger partial charge is 0.302 e. The van der Waals surface area contributed by atoms with Crippen LogP contribution in [0.15, 0.2) is 42.3 Å². The van der Waals surface area contributed by atoms with Gasteiger partial charge in [0.15, 0.2) is 0 Å². The third kappa shape index (κ3) is 2.92. The molecule has 2 fully saturated rings. The first kappa shape index (κ1) is 19.1. The van der Waals surface area contributed by atoms with Crippen LogP contribution in [0.3, 0.4) is 0 Å². The van der Waals surface area contributed by atoms with Crippen molar-refractivity contribution in [3.05, 3.63) is 47.8 Å². The van der Waals surface area contributed by atoms with E-state index in [0.717, 1.165) is 37.0 Å². The van der Waals surface area contributed by atoms with E-state index in [2.05, 4.69) is 43.1 Å². The van der Waals surface area contributed by atoms with Gasteiger partial charge in [-0.1, -0.05) is 37.6 Å². The predicted molar refractivity (Wildman–Crippen MR) is 115 cm³/mol. The molecule has 0 saturated heterocycles. The van der Waals surface area contributed by atoms with Crippen LogP contribution in [0.5, 0.6) is 0 Å². The summed E-state index contributed by atoms with van der Waals surface area (Å²) >= 11 is 0. The number of esters is 1. The van der Waals surface area contributed by atoms with Crippen LogP contribution in [0.4, 0.5) is 0 Å². The van der Waals surface area contributed by atoms with Crippen molar-refractivity contribution in [3.63, 3.8) is 0 Å². The number of carbonyl (C=O) groups is 1. The number of pyridine rings is 1. The van der Waals surface area contributed by atoms with Gasteiger partial charge in [-0.05, 0) is 84.3 Å². The van der Waals surface area contributed by atoms with Crippen LogP contribution in [0.1, 0.15) is 71.3 Å². The van der Waals surface area contributed by atoms with Crippen molar-refractivity contribution in [2.75, 3.05) is 0 Å². The molecule has 4 aliphatic rings. The first-order valence-corrected chi connectivity index (χ1v) is 11.4. The molecule has 4 aliphatic carbocycles. The predicted octanol–water partition coefficient (Wildman–Crippen LogP) is 5.97. The average molecular weight is 392 g/mol. The molecule has 154 valence electrons. The Morgan fingerprint density at radius 3 is 2.69 bits per heavy atom. The third-order valence-electron chi connectivity index (χ3n) is 8.94. The SMILES string of the molecule is CC(=O)O[C@H]1CC[C@@]2(C)C(=CC[C@H]3[C@H]2CC[C@]2(C)C(c4cccnc4)=CC[C@H]32)C1. The molecule has 0 spiro atoms. The molecule has 0 N–H and O–H groups in total. The Labute approximate surface area is 174 Å². The number of aromatic nitrogens is 1. The number of carbonyl (C=O) groups excluding carboxylic acids is 1. The topological polar surface area (TPSA) is 39.2 Å². The van der Waals surface area contributed by atoms with Crippen LogP contribution in [0.25, 0.3) is 5.57 Å². The van der Waals surface area contributed by atoms with Crippen LogP contribution in [-0.2, 0) is 9.53 Å². The third-order valence-corrected chi connectivity index (χ3v) is 8.94. The zero-order chi connectivity index (χ0) is 20.2. The Morgan fingerprint density at radius 1 is 1.10 bits per heavy atom. The molecule has 3 nitrogen and oxygen atoms in total. The molecule has 3 heteroatoms. The highest BCUT2D eigenvalue weighted by molar-refractivity contribution is 5.72. The summed E-state index contributed by atoms with van der Waals surface area (Å²) in [5.74, 6) is 2.12. The molecular formula is C26H33NO2. The highest BCUT2D eigenvalue weighted by Gasteiger charge is 2.56. The second-order valence-corrected chi connectivity index (χ2v) is 10.3. The molecule has 0 amide bonds. The minimum Gasteiger partial charge on any atom is -0.462 e. The van der Waals surface area contributed by atoms with E-state index >= 15 is 0 Å². The summed E-state index contributed by atoms with van der Waals surface area (Å²) in [5.41, 5.74) is 4.99. The standard InChI is InChI=1S/C26H33NO2/c1-17(28)29-20-10-12-25(2)19(15-20)6-7-21-23-9-8-22(18-5-4-14-27-16-18)26(23,3)13-11-24(21)25/h4-6,8,14,16,20-21,23-24H,7,9-13,15H2,1-3H3/t20-,21+,23+,24+,25-,26+/m0/s1. The second-order valence-electron chi connectivity index (χ2n) is 10.3. The lowest BCUT2D eigenvalue weighted by Crippen LogP contribution is -2.50. The van der Waals surface area contributed by atoms with Crippen molar-refractivity contribution >= 4 is 11.5 Å². The maximum absolute atomic E-state index is 11.4. The monoisotopic (exact) mass is 391 g/mol. The molecule has 1 heterocycles. The summed E-state index contributed by atoms with van der Waals surface area (Å²) < 4.78 is 5.58. The van der Waals surface area contributed by atoms with E-state index in [1.54, 1.807) is 5.57 Å². The summed E-state index contributed by atoms with van der Waals surface area (Å²) in [6.45, 7) is 6.56. The molecule has 0 radical (unpaired) electrons. The molecule has 2 saturated carbocycles. The fourth-order valence-corrected chi connectivity index (χ4v) is 7.50. The molecule has 0 bridgehead atoms. The number of rotatable bonds is 2. The van der Waals surface area contributed by atoms with Crippen molar-refractivity contribution in [2.24, 2.45) is 28.6 Å². The lowest BCUT2D eigenvalue weighted by atomic mass is 9.47. The first-order chi connectivity index (χ1) is 13.9. The Bertz CT molecular complexity index is 872. The van der Waals surface area contributed by atoms with E-state index in [4.69, 9.17) is 4.74 Å². The molecule has 0 aliphatic heterocycles. The Hall–Kier alpha value is -1.90. The quantitative estimate of drug-likeness (QED) is 0.460. The van der Waals surface area contributed by atoms with Gasteiger partial charge in [0.2, 0.25) is 0 Å². The minimum absolute atomic E-state index is 0.0857. The van der Waals surface area contributed by atoms with Gasteiger partial charge in [-0.2, -0.15) is 0 Å². The minimum atomic E-state index is -0.138. The molecule has 5 rings (SSSR count). The van der Waals surface area contributed by atoms with Gasteiger partial charge in [0, 0.05) is 25.7 Å². The lowest BCUT2D eigenvalue weighted by Gasteiger charge is -2.57. The molecular weight excluding hydrogens is 358 g/mol. The second kappa shape index (κ2) is 6.82.